The van der Waals surface area contributed by atoms with Gasteiger partial charge in [-0.2, -0.15) is 4.98 Å². The van der Waals surface area contributed by atoms with Crippen LogP contribution in [0, 0.1) is 13.8 Å². The average molecular weight is 509 g/mol. The fraction of sp³-hybridized carbons (Fsp3) is 0.323. The lowest BCUT2D eigenvalue weighted by Crippen LogP contribution is -2.29. The largest absolute Gasteiger partial charge is 0.492 e. The second-order valence-corrected chi connectivity index (χ2v) is 10.6. The van der Waals surface area contributed by atoms with E-state index in [1.165, 1.54) is 5.56 Å². The highest BCUT2D eigenvalue weighted by molar-refractivity contribution is 6.04. The molecule has 3 aromatic carbocycles. The first-order valence-corrected chi connectivity index (χ1v) is 13.2. The fourth-order valence-corrected chi connectivity index (χ4v) is 5.73. The number of fused-ring (bicyclic) bond motifs is 2. The Bertz CT molecular complexity index is 1490. The van der Waals surface area contributed by atoms with Crippen LogP contribution in [0.25, 0.3) is 22.5 Å². The molecule has 7 heteroatoms. The van der Waals surface area contributed by atoms with Crippen molar-refractivity contribution >= 4 is 11.6 Å². The number of benzene rings is 3. The SMILES string of the molecule is Cc1nc(-c2ccc(-c3ccc(C(=O)Nc4ccc5c(c4)C4(CCCN(C)CC4)CO5)cc3)c(C)c2)no1. The van der Waals surface area contributed by atoms with Crippen LogP contribution in [-0.4, -0.2) is 47.7 Å². The van der Waals surface area contributed by atoms with Gasteiger partial charge in [0.25, 0.3) is 5.91 Å². The van der Waals surface area contributed by atoms with Crippen LogP contribution < -0.4 is 10.1 Å². The highest BCUT2D eigenvalue weighted by Crippen LogP contribution is 2.46. The molecule has 1 spiro atoms. The van der Waals surface area contributed by atoms with Gasteiger partial charge in [-0.1, -0.05) is 29.4 Å². The summed E-state index contributed by atoms with van der Waals surface area (Å²) in [7, 11) is 2.19. The molecule has 38 heavy (non-hydrogen) atoms. The average Bonchev–Trinajstić information content (AvgIpc) is 3.45. The number of ether oxygens (including phenoxy) is 1. The molecule has 1 aromatic heterocycles. The van der Waals surface area contributed by atoms with Crippen molar-refractivity contribution in [3.63, 3.8) is 0 Å². The number of amides is 1. The number of carbonyl (C=O) groups excluding carboxylic acids is 1. The van der Waals surface area contributed by atoms with E-state index >= 15 is 0 Å². The Morgan fingerprint density at radius 3 is 2.55 bits per heavy atom. The topological polar surface area (TPSA) is 80.5 Å². The molecule has 7 nitrogen and oxygen atoms in total. The highest BCUT2D eigenvalue weighted by Gasteiger charge is 2.41. The van der Waals surface area contributed by atoms with Gasteiger partial charge in [0.2, 0.25) is 11.7 Å². The molecule has 4 aromatic rings. The highest BCUT2D eigenvalue weighted by atomic mass is 16.5. The maximum absolute atomic E-state index is 13.1. The number of aromatic nitrogens is 2. The third kappa shape index (κ3) is 4.58. The number of aryl methyl sites for hydroxylation is 2. The minimum atomic E-state index is -0.121. The van der Waals surface area contributed by atoms with E-state index in [0.717, 1.165) is 72.6 Å². The number of rotatable bonds is 4. The van der Waals surface area contributed by atoms with Gasteiger partial charge in [-0.15, -0.1) is 0 Å². The third-order valence-corrected chi connectivity index (χ3v) is 7.95. The monoisotopic (exact) mass is 508 g/mol. The first-order valence-electron chi connectivity index (χ1n) is 13.2. The summed E-state index contributed by atoms with van der Waals surface area (Å²) in [5.74, 6) is 1.96. The first-order chi connectivity index (χ1) is 18.4. The quantitative estimate of drug-likeness (QED) is 0.363. The van der Waals surface area contributed by atoms with Crippen molar-refractivity contribution in [1.29, 1.82) is 0 Å². The maximum Gasteiger partial charge on any atom is 0.255 e. The normalized spacial score (nSPS) is 19.1. The molecule has 0 saturated carbocycles. The molecule has 1 atom stereocenters. The summed E-state index contributed by atoms with van der Waals surface area (Å²) < 4.78 is 11.2. The summed E-state index contributed by atoms with van der Waals surface area (Å²) in [5, 5.41) is 7.11. The minimum Gasteiger partial charge on any atom is -0.492 e. The van der Waals surface area contributed by atoms with Crippen molar-refractivity contribution < 1.29 is 14.1 Å². The Kier molecular flexibility index (Phi) is 6.24. The molecule has 0 radical (unpaired) electrons. The lowest BCUT2D eigenvalue weighted by atomic mass is 9.76. The van der Waals surface area contributed by atoms with Crippen molar-refractivity contribution in [2.75, 3.05) is 32.1 Å². The zero-order chi connectivity index (χ0) is 26.3. The van der Waals surface area contributed by atoms with Gasteiger partial charge >= 0.3 is 0 Å². The minimum absolute atomic E-state index is 0.0401. The van der Waals surface area contributed by atoms with Gasteiger partial charge in [0.15, 0.2) is 0 Å². The van der Waals surface area contributed by atoms with Crippen molar-refractivity contribution in [1.82, 2.24) is 15.0 Å². The fourth-order valence-electron chi connectivity index (χ4n) is 5.73. The third-order valence-electron chi connectivity index (χ3n) is 7.95. The van der Waals surface area contributed by atoms with Crippen LogP contribution in [0.3, 0.4) is 0 Å². The molecular weight excluding hydrogens is 476 g/mol. The molecule has 1 fully saturated rings. The second kappa shape index (κ2) is 9.72. The second-order valence-electron chi connectivity index (χ2n) is 10.6. The molecule has 1 N–H and O–H groups in total. The molecule has 1 amide bonds. The lowest BCUT2D eigenvalue weighted by molar-refractivity contribution is 0.102. The van der Waals surface area contributed by atoms with Crippen LogP contribution in [0.4, 0.5) is 5.69 Å². The Labute approximate surface area is 222 Å². The van der Waals surface area contributed by atoms with Crippen molar-refractivity contribution in [2.24, 2.45) is 0 Å². The number of nitrogens with one attached hydrogen (secondary N) is 1. The Morgan fingerprint density at radius 2 is 1.79 bits per heavy atom. The standard InChI is InChI=1S/C31H32N4O3/c1-20-17-24(29-32-21(2)38-34-29)9-11-26(20)22-5-7-23(8-6-22)30(36)33-25-10-12-28-27(18-25)31(19-37-28)13-4-15-35(3)16-14-31/h5-12,17-18H,4,13-16,19H2,1-3H3,(H,33,36). The van der Waals surface area contributed by atoms with Gasteiger partial charge in [-0.3, -0.25) is 4.79 Å². The van der Waals surface area contributed by atoms with E-state index in [1.807, 2.05) is 42.5 Å². The zero-order valence-electron chi connectivity index (χ0n) is 22.1. The van der Waals surface area contributed by atoms with Crippen LogP contribution in [0.15, 0.2) is 65.2 Å². The number of nitrogens with zero attached hydrogens (tertiary/aromatic N) is 3. The summed E-state index contributed by atoms with van der Waals surface area (Å²) in [5.41, 5.74) is 6.85. The molecule has 2 aliphatic heterocycles. The van der Waals surface area contributed by atoms with Crippen LogP contribution in [0.1, 0.15) is 46.6 Å². The van der Waals surface area contributed by atoms with E-state index in [2.05, 4.69) is 52.5 Å². The number of hydrogen-bond acceptors (Lipinski definition) is 6. The predicted molar refractivity (Wildman–Crippen MR) is 148 cm³/mol. The molecular formula is C31H32N4O3. The Balaban J connectivity index is 1.18. The lowest BCUT2D eigenvalue weighted by Gasteiger charge is -2.26. The number of hydrogen-bond donors (Lipinski definition) is 1. The van der Waals surface area contributed by atoms with E-state index in [9.17, 15) is 4.79 Å². The molecule has 1 unspecified atom stereocenters. The van der Waals surface area contributed by atoms with Gasteiger partial charge in [0, 0.05) is 34.7 Å². The molecule has 194 valence electrons. The molecule has 6 rings (SSSR count). The Hall–Kier alpha value is -3.97. The van der Waals surface area contributed by atoms with Gasteiger partial charge in [0.05, 0.1) is 6.61 Å². The van der Waals surface area contributed by atoms with Crippen LogP contribution in [0.2, 0.25) is 0 Å². The summed E-state index contributed by atoms with van der Waals surface area (Å²) in [6.07, 6.45) is 3.34. The number of carbonyl (C=O) groups is 1. The summed E-state index contributed by atoms with van der Waals surface area (Å²) in [4.78, 5) is 19.8. The first kappa shape index (κ1) is 24.4. The van der Waals surface area contributed by atoms with Crippen molar-refractivity contribution in [3.05, 3.63) is 83.2 Å². The van der Waals surface area contributed by atoms with Crippen LogP contribution in [0.5, 0.6) is 5.75 Å². The number of likely N-dealkylation sites (tertiary alicyclic amines) is 1. The predicted octanol–water partition coefficient (Wildman–Crippen LogP) is 6.02. The van der Waals surface area contributed by atoms with E-state index in [-0.39, 0.29) is 11.3 Å². The van der Waals surface area contributed by atoms with Gasteiger partial charge in [0.1, 0.15) is 5.75 Å². The van der Waals surface area contributed by atoms with Crippen LogP contribution >= 0.6 is 0 Å². The van der Waals surface area contributed by atoms with Gasteiger partial charge < -0.3 is 19.5 Å². The van der Waals surface area contributed by atoms with Crippen molar-refractivity contribution in [3.8, 4) is 28.3 Å². The van der Waals surface area contributed by atoms with E-state index < -0.39 is 0 Å². The smallest absolute Gasteiger partial charge is 0.255 e. The van der Waals surface area contributed by atoms with Crippen molar-refractivity contribution in [2.45, 2.75) is 38.5 Å². The summed E-state index contributed by atoms with van der Waals surface area (Å²) >= 11 is 0. The molecule has 0 aliphatic carbocycles. The van der Waals surface area contributed by atoms with Gasteiger partial charge in [-0.25, -0.2) is 0 Å². The maximum atomic E-state index is 13.1. The molecule has 3 heterocycles. The molecule has 1 saturated heterocycles. The Morgan fingerprint density at radius 1 is 0.974 bits per heavy atom. The van der Waals surface area contributed by atoms with Crippen LogP contribution in [-0.2, 0) is 5.41 Å². The number of anilines is 1. The molecule has 0 bridgehead atoms. The summed E-state index contributed by atoms with van der Waals surface area (Å²) in [6.45, 7) is 6.74. The van der Waals surface area contributed by atoms with E-state index in [1.54, 1.807) is 6.92 Å². The zero-order valence-corrected chi connectivity index (χ0v) is 22.1. The van der Waals surface area contributed by atoms with E-state index in [0.29, 0.717) is 17.3 Å². The summed E-state index contributed by atoms with van der Waals surface area (Å²) in [6, 6.07) is 19.9. The van der Waals surface area contributed by atoms with Gasteiger partial charge in [-0.05, 0) is 99.4 Å². The molecule has 2 aliphatic rings. The van der Waals surface area contributed by atoms with E-state index in [4.69, 9.17) is 9.26 Å².